The first-order valence-corrected chi connectivity index (χ1v) is 7.69. The predicted octanol–water partition coefficient (Wildman–Crippen LogP) is 3.81. The second kappa shape index (κ2) is 6.16. The van der Waals surface area contributed by atoms with Crippen LogP contribution in [0, 0.1) is 5.82 Å². The Morgan fingerprint density at radius 3 is 2.40 bits per heavy atom. The summed E-state index contributed by atoms with van der Waals surface area (Å²) in [6, 6.07) is 20.6. The summed E-state index contributed by atoms with van der Waals surface area (Å²) in [4.78, 5) is 13.7. The highest BCUT2D eigenvalue weighted by atomic mass is 19.1. The van der Waals surface area contributed by atoms with Gasteiger partial charge in [-0.3, -0.25) is 4.79 Å². The molecule has 0 fully saturated rings. The van der Waals surface area contributed by atoms with Crippen LogP contribution in [-0.2, 0) is 0 Å². The number of anilines is 1. The number of hydrogen-bond acceptors (Lipinski definition) is 3. The van der Waals surface area contributed by atoms with E-state index >= 15 is 0 Å². The number of para-hydroxylation sites is 1. The number of halogens is 1. The van der Waals surface area contributed by atoms with Crippen LogP contribution < -0.4 is 5.32 Å². The highest BCUT2D eigenvalue weighted by molar-refractivity contribution is 6.05. The van der Waals surface area contributed by atoms with Crippen molar-refractivity contribution in [1.82, 2.24) is 15.0 Å². The first kappa shape index (κ1) is 15.0. The van der Waals surface area contributed by atoms with E-state index in [1.54, 1.807) is 30.3 Å². The van der Waals surface area contributed by atoms with Crippen molar-refractivity contribution in [2.45, 2.75) is 0 Å². The van der Waals surface area contributed by atoms with E-state index in [1.807, 2.05) is 30.3 Å². The Morgan fingerprint density at radius 1 is 0.880 bits per heavy atom. The van der Waals surface area contributed by atoms with Gasteiger partial charge >= 0.3 is 0 Å². The molecule has 0 radical (unpaired) electrons. The molecule has 0 unspecified atom stereocenters. The molecule has 0 spiro atoms. The lowest BCUT2D eigenvalue weighted by Gasteiger charge is -2.05. The Labute approximate surface area is 142 Å². The van der Waals surface area contributed by atoms with Crippen LogP contribution >= 0.6 is 0 Å². The van der Waals surface area contributed by atoms with Gasteiger partial charge in [0.2, 0.25) is 0 Å². The number of carbonyl (C=O) groups is 1. The standard InChI is InChI=1S/C19H13FN4O/c20-16-9-5-4-8-15(16)19(25)21-13-10-11-17-18(12-13)23-24(22-17)14-6-2-1-3-7-14/h1-12H,(H,21,25). The number of amides is 1. The van der Waals surface area contributed by atoms with Crippen molar-refractivity contribution >= 4 is 22.6 Å². The summed E-state index contributed by atoms with van der Waals surface area (Å²) in [5, 5.41) is 11.5. The Balaban J connectivity index is 1.63. The van der Waals surface area contributed by atoms with E-state index < -0.39 is 11.7 Å². The van der Waals surface area contributed by atoms with Gasteiger partial charge in [0.05, 0.1) is 11.3 Å². The van der Waals surface area contributed by atoms with Crippen LogP contribution in [0.5, 0.6) is 0 Å². The van der Waals surface area contributed by atoms with Crippen LogP contribution in [0.3, 0.4) is 0 Å². The Kier molecular flexibility index (Phi) is 3.70. The summed E-state index contributed by atoms with van der Waals surface area (Å²) in [6.07, 6.45) is 0. The third-order valence-electron chi connectivity index (χ3n) is 3.74. The number of benzene rings is 3. The van der Waals surface area contributed by atoms with E-state index in [9.17, 15) is 9.18 Å². The van der Waals surface area contributed by atoms with Crippen molar-refractivity contribution in [2.75, 3.05) is 5.32 Å². The topological polar surface area (TPSA) is 59.8 Å². The van der Waals surface area contributed by atoms with E-state index in [2.05, 4.69) is 15.5 Å². The molecule has 0 saturated heterocycles. The van der Waals surface area contributed by atoms with E-state index in [0.29, 0.717) is 16.7 Å². The van der Waals surface area contributed by atoms with Crippen LogP contribution in [0.2, 0.25) is 0 Å². The van der Waals surface area contributed by atoms with Crippen molar-refractivity contribution in [3.63, 3.8) is 0 Å². The summed E-state index contributed by atoms with van der Waals surface area (Å²) in [7, 11) is 0. The van der Waals surface area contributed by atoms with Crippen molar-refractivity contribution in [1.29, 1.82) is 0 Å². The van der Waals surface area contributed by atoms with Gasteiger partial charge in [-0.25, -0.2) is 4.39 Å². The highest BCUT2D eigenvalue weighted by Crippen LogP contribution is 2.18. The van der Waals surface area contributed by atoms with Crippen LogP contribution in [0.15, 0.2) is 72.8 Å². The van der Waals surface area contributed by atoms with E-state index in [0.717, 1.165) is 5.69 Å². The second-order valence-electron chi connectivity index (χ2n) is 5.46. The van der Waals surface area contributed by atoms with E-state index in [4.69, 9.17) is 0 Å². The quantitative estimate of drug-likeness (QED) is 0.620. The number of nitrogens with zero attached hydrogens (tertiary/aromatic N) is 3. The molecule has 1 aromatic heterocycles. The zero-order chi connectivity index (χ0) is 17.2. The van der Waals surface area contributed by atoms with Gasteiger partial charge in [0.15, 0.2) is 0 Å². The normalized spacial score (nSPS) is 10.8. The molecule has 0 aliphatic carbocycles. The molecule has 0 atom stereocenters. The van der Waals surface area contributed by atoms with Crippen LogP contribution in [-0.4, -0.2) is 20.9 Å². The largest absolute Gasteiger partial charge is 0.322 e. The summed E-state index contributed by atoms with van der Waals surface area (Å²) >= 11 is 0. The monoisotopic (exact) mass is 332 g/mol. The molecule has 4 rings (SSSR count). The van der Waals surface area contributed by atoms with Gasteiger partial charge in [-0.15, -0.1) is 10.2 Å². The molecule has 0 bridgehead atoms. The van der Waals surface area contributed by atoms with Gasteiger partial charge in [0.1, 0.15) is 16.9 Å². The van der Waals surface area contributed by atoms with E-state index in [-0.39, 0.29) is 5.56 Å². The number of carbonyl (C=O) groups excluding carboxylic acids is 1. The minimum atomic E-state index is -0.559. The third kappa shape index (κ3) is 2.97. The smallest absolute Gasteiger partial charge is 0.258 e. The van der Waals surface area contributed by atoms with Gasteiger partial charge in [0, 0.05) is 5.69 Å². The summed E-state index contributed by atoms with van der Waals surface area (Å²) in [5.41, 5.74) is 2.70. The Hall–Kier alpha value is -3.54. The van der Waals surface area contributed by atoms with Crippen LogP contribution in [0.4, 0.5) is 10.1 Å². The van der Waals surface area contributed by atoms with E-state index in [1.165, 1.54) is 16.9 Å². The molecule has 6 heteroatoms. The zero-order valence-corrected chi connectivity index (χ0v) is 13.1. The lowest BCUT2D eigenvalue weighted by molar-refractivity contribution is 0.102. The molecule has 1 amide bonds. The molecule has 0 aliphatic rings. The van der Waals surface area contributed by atoms with Crippen LogP contribution in [0.25, 0.3) is 16.7 Å². The maximum atomic E-state index is 13.7. The molecular weight excluding hydrogens is 319 g/mol. The molecule has 4 aromatic rings. The minimum Gasteiger partial charge on any atom is -0.322 e. The first-order valence-electron chi connectivity index (χ1n) is 7.69. The van der Waals surface area contributed by atoms with Crippen molar-refractivity contribution in [3.05, 3.63) is 84.2 Å². The summed E-state index contributed by atoms with van der Waals surface area (Å²) < 4.78 is 13.7. The molecule has 0 aliphatic heterocycles. The van der Waals surface area contributed by atoms with Crippen molar-refractivity contribution in [3.8, 4) is 5.69 Å². The Bertz CT molecular complexity index is 1060. The van der Waals surface area contributed by atoms with Crippen molar-refractivity contribution < 1.29 is 9.18 Å². The third-order valence-corrected chi connectivity index (χ3v) is 3.74. The number of aromatic nitrogens is 3. The molecule has 1 N–H and O–H groups in total. The van der Waals surface area contributed by atoms with Gasteiger partial charge in [-0.05, 0) is 42.5 Å². The molecular formula is C19H13FN4O. The number of nitrogens with one attached hydrogen (secondary N) is 1. The van der Waals surface area contributed by atoms with Gasteiger partial charge in [-0.1, -0.05) is 30.3 Å². The minimum absolute atomic E-state index is 0.00413. The van der Waals surface area contributed by atoms with Gasteiger partial charge in [-0.2, -0.15) is 4.80 Å². The Morgan fingerprint density at radius 2 is 1.60 bits per heavy atom. The lowest BCUT2D eigenvalue weighted by Crippen LogP contribution is -2.13. The summed E-state index contributed by atoms with van der Waals surface area (Å²) in [6.45, 7) is 0. The molecule has 122 valence electrons. The lowest BCUT2D eigenvalue weighted by atomic mass is 10.2. The number of fused-ring (bicyclic) bond motifs is 1. The fourth-order valence-corrected chi connectivity index (χ4v) is 2.51. The SMILES string of the molecule is O=C(Nc1ccc2nn(-c3ccccc3)nc2c1)c1ccccc1F. The van der Waals surface area contributed by atoms with Gasteiger partial charge < -0.3 is 5.32 Å². The first-order chi connectivity index (χ1) is 12.2. The fourth-order valence-electron chi connectivity index (χ4n) is 2.51. The molecule has 5 nitrogen and oxygen atoms in total. The summed E-state index contributed by atoms with van der Waals surface area (Å²) in [5.74, 6) is -1.07. The molecule has 0 saturated carbocycles. The zero-order valence-electron chi connectivity index (χ0n) is 13.1. The number of rotatable bonds is 3. The molecule has 25 heavy (non-hydrogen) atoms. The van der Waals surface area contributed by atoms with Crippen molar-refractivity contribution in [2.24, 2.45) is 0 Å². The number of hydrogen-bond donors (Lipinski definition) is 1. The maximum Gasteiger partial charge on any atom is 0.258 e. The molecule has 3 aromatic carbocycles. The molecule has 1 heterocycles. The maximum absolute atomic E-state index is 13.7. The average Bonchev–Trinajstić information content (AvgIpc) is 3.06. The van der Waals surface area contributed by atoms with Crippen LogP contribution in [0.1, 0.15) is 10.4 Å². The predicted molar refractivity (Wildman–Crippen MR) is 93.2 cm³/mol. The second-order valence-corrected chi connectivity index (χ2v) is 5.46. The fraction of sp³-hybridized carbons (Fsp3) is 0. The van der Waals surface area contributed by atoms with Gasteiger partial charge in [0.25, 0.3) is 5.91 Å². The highest BCUT2D eigenvalue weighted by Gasteiger charge is 2.12. The average molecular weight is 332 g/mol.